The molecule has 1 aliphatic rings. The van der Waals surface area contributed by atoms with Crippen molar-refractivity contribution in [1.82, 2.24) is 0 Å². The molecule has 0 amide bonds. The highest BCUT2D eigenvalue weighted by Crippen LogP contribution is 2.35. The molecule has 6 heteroatoms. The molecule has 1 unspecified atom stereocenters. The van der Waals surface area contributed by atoms with Crippen molar-refractivity contribution in [3.63, 3.8) is 0 Å². The zero-order valence-corrected chi connectivity index (χ0v) is 15.1. The van der Waals surface area contributed by atoms with E-state index in [2.05, 4.69) is 4.74 Å². The van der Waals surface area contributed by atoms with Crippen LogP contribution in [0.25, 0.3) is 0 Å². The summed E-state index contributed by atoms with van der Waals surface area (Å²) < 4.78 is 29.3. The highest BCUT2D eigenvalue weighted by atomic mass is 32.2. The van der Waals surface area contributed by atoms with Crippen LogP contribution < -0.4 is 0 Å². The van der Waals surface area contributed by atoms with Crippen molar-refractivity contribution in [3.05, 3.63) is 23.3 Å². The molecule has 23 heavy (non-hydrogen) atoms. The maximum Gasteiger partial charge on any atom is 0.330 e. The summed E-state index contributed by atoms with van der Waals surface area (Å²) in [5, 5.41) is -0.560. The molecule has 0 fully saturated rings. The van der Waals surface area contributed by atoms with Crippen molar-refractivity contribution in [3.8, 4) is 0 Å². The monoisotopic (exact) mass is 342 g/mol. The highest BCUT2D eigenvalue weighted by Gasteiger charge is 2.39. The largest absolute Gasteiger partial charge is 0.466 e. The van der Waals surface area contributed by atoms with E-state index in [9.17, 15) is 18.0 Å². The lowest BCUT2D eigenvalue weighted by Crippen LogP contribution is -2.20. The maximum absolute atomic E-state index is 12.4. The van der Waals surface area contributed by atoms with Crippen molar-refractivity contribution in [1.29, 1.82) is 0 Å². The molecular weight excluding hydrogens is 316 g/mol. The number of ether oxygens (including phenoxy) is 1. The van der Waals surface area contributed by atoms with E-state index in [4.69, 9.17) is 0 Å². The van der Waals surface area contributed by atoms with Gasteiger partial charge in [0.25, 0.3) is 0 Å². The van der Waals surface area contributed by atoms with Gasteiger partial charge in [-0.05, 0) is 44.1 Å². The van der Waals surface area contributed by atoms with Crippen LogP contribution in [0.1, 0.15) is 46.5 Å². The van der Waals surface area contributed by atoms with Crippen LogP contribution in [0.3, 0.4) is 0 Å². The zero-order valence-electron chi connectivity index (χ0n) is 14.3. The molecule has 0 aromatic heterocycles. The van der Waals surface area contributed by atoms with Crippen LogP contribution in [0.4, 0.5) is 0 Å². The Morgan fingerprint density at radius 2 is 2.00 bits per heavy atom. The number of methoxy groups -OCH3 is 1. The van der Waals surface area contributed by atoms with E-state index >= 15 is 0 Å². The fourth-order valence-electron chi connectivity index (χ4n) is 2.85. The SMILES string of the molecule is COC(=O)/C=C/CCCC1C(CC(C)C)=C(C(C)=O)CS1(=O)=O. The molecule has 0 saturated carbocycles. The van der Waals surface area contributed by atoms with Gasteiger partial charge in [0.15, 0.2) is 15.6 Å². The number of hydrogen-bond acceptors (Lipinski definition) is 5. The van der Waals surface area contributed by atoms with E-state index in [1.807, 2.05) is 13.8 Å². The first-order valence-electron chi connectivity index (χ1n) is 7.88. The molecule has 1 heterocycles. The fourth-order valence-corrected chi connectivity index (χ4v) is 5.04. The molecule has 0 aliphatic carbocycles. The molecule has 0 saturated heterocycles. The summed E-state index contributed by atoms with van der Waals surface area (Å²) in [6, 6.07) is 0. The molecule has 5 nitrogen and oxygen atoms in total. The quantitative estimate of drug-likeness (QED) is 0.385. The first-order valence-corrected chi connectivity index (χ1v) is 9.59. The number of ketones is 1. The lowest BCUT2D eigenvalue weighted by atomic mass is 9.92. The number of carbonyl (C=O) groups is 2. The summed E-state index contributed by atoms with van der Waals surface area (Å²) in [7, 11) is -1.99. The Balaban J connectivity index is 2.81. The van der Waals surface area contributed by atoms with Gasteiger partial charge in [-0.1, -0.05) is 19.9 Å². The molecule has 1 aliphatic heterocycles. The third-order valence-electron chi connectivity index (χ3n) is 3.90. The van der Waals surface area contributed by atoms with Crippen molar-refractivity contribution < 1.29 is 22.7 Å². The van der Waals surface area contributed by atoms with Gasteiger partial charge in [-0.15, -0.1) is 0 Å². The predicted molar refractivity (Wildman–Crippen MR) is 89.7 cm³/mol. The smallest absolute Gasteiger partial charge is 0.330 e. The fraction of sp³-hybridized carbons (Fsp3) is 0.647. The number of allylic oxidation sites excluding steroid dienone is 1. The minimum Gasteiger partial charge on any atom is -0.466 e. The van der Waals surface area contributed by atoms with Crippen LogP contribution in [0.5, 0.6) is 0 Å². The number of Topliss-reactive ketones (excluding diaryl/α,β-unsaturated/α-hetero) is 1. The molecular formula is C17H26O5S. The second-order valence-corrected chi connectivity index (χ2v) is 8.49. The lowest BCUT2D eigenvalue weighted by molar-refractivity contribution is -0.134. The van der Waals surface area contributed by atoms with Crippen molar-refractivity contribution in [2.24, 2.45) is 5.92 Å². The number of carbonyl (C=O) groups excluding carboxylic acids is 2. The van der Waals surface area contributed by atoms with Crippen molar-refractivity contribution >= 4 is 21.6 Å². The maximum atomic E-state index is 12.4. The third-order valence-corrected chi connectivity index (χ3v) is 5.98. The van der Waals surface area contributed by atoms with Gasteiger partial charge in [0.2, 0.25) is 0 Å². The average Bonchev–Trinajstić information content (AvgIpc) is 2.69. The summed E-state index contributed by atoms with van der Waals surface area (Å²) in [4.78, 5) is 22.7. The minimum absolute atomic E-state index is 0.132. The summed E-state index contributed by atoms with van der Waals surface area (Å²) in [6.45, 7) is 5.48. The molecule has 0 spiro atoms. The first-order chi connectivity index (χ1) is 10.7. The molecule has 0 N–H and O–H groups in total. The van der Waals surface area contributed by atoms with E-state index in [0.717, 1.165) is 5.57 Å². The molecule has 0 bridgehead atoms. The molecule has 0 aromatic carbocycles. The van der Waals surface area contributed by atoms with E-state index in [1.54, 1.807) is 6.08 Å². The van der Waals surface area contributed by atoms with Gasteiger partial charge in [-0.3, -0.25) is 4.79 Å². The zero-order chi connectivity index (χ0) is 17.6. The summed E-state index contributed by atoms with van der Waals surface area (Å²) in [5.74, 6) is -0.392. The Morgan fingerprint density at radius 3 is 2.52 bits per heavy atom. The Labute approximate surface area is 138 Å². The Bertz CT molecular complexity index is 611. The summed E-state index contributed by atoms with van der Waals surface area (Å²) in [5.41, 5.74) is 1.28. The van der Waals surface area contributed by atoms with Crippen LogP contribution in [0.15, 0.2) is 23.3 Å². The van der Waals surface area contributed by atoms with Crippen molar-refractivity contribution in [2.75, 3.05) is 12.9 Å². The Morgan fingerprint density at radius 1 is 1.35 bits per heavy atom. The van der Waals surface area contributed by atoms with E-state index < -0.39 is 21.1 Å². The second kappa shape index (κ2) is 8.43. The number of hydrogen-bond donors (Lipinski definition) is 0. The standard InChI is InChI=1S/C17H26O5S/c1-12(2)10-14-15(13(3)18)11-23(20,21)16(14)8-6-5-7-9-17(19)22-4/h7,9,12,16H,5-6,8,10-11H2,1-4H3/b9-7+. The van der Waals surface area contributed by atoms with Gasteiger partial charge in [0.1, 0.15) is 0 Å². The van der Waals surface area contributed by atoms with Crippen LogP contribution in [-0.2, 0) is 24.2 Å². The average molecular weight is 342 g/mol. The number of rotatable bonds is 8. The predicted octanol–water partition coefficient (Wildman–Crippen LogP) is 2.61. The summed E-state index contributed by atoms with van der Waals surface area (Å²) in [6.07, 6.45) is 5.39. The Kier molecular flexibility index (Phi) is 7.19. The van der Waals surface area contributed by atoms with Gasteiger partial charge in [0.05, 0.1) is 18.1 Å². The van der Waals surface area contributed by atoms with Gasteiger partial charge < -0.3 is 4.74 Å². The molecule has 0 aromatic rings. The number of esters is 1. The molecule has 1 atom stereocenters. The normalized spacial score (nSPS) is 20.5. The molecule has 1 rings (SSSR count). The topological polar surface area (TPSA) is 77.5 Å². The van der Waals surface area contributed by atoms with Crippen LogP contribution in [0, 0.1) is 5.92 Å². The van der Waals surface area contributed by atoms with Crippen LogP contribution in [0.2, 0.25) is 0 Å². The first kappa shape index (κ1) is 19.6. The van der Waals surface area contributed by atoms with Gasteiger partial charge in [-0.25, -0.2) is 13.2 Å². The number of sulfone groups is 1. The van der Waals surface area contributed by atoms with Gasteiger partial charge in [-0.2, -0.15) is 0 Å². The van der Waals surface area contributed by atoms with E-state index in [1.165, 1.54) is 20.1 Å². The lowest BCUT2D eigenvalue weighted by Gasteiger charge is -2.16. The third kappa shape index (κ3) is 5.61. The highest BCUT2D eigenvalue weighted by molar-refractivity contribution is 7.92. The van der Waals surface area contributed by atoms with Crippen molar-refractivity contribution in [2.45, 2.75) is 51.7 Å². The van der Waals surface area contributed by atoms with Crippen LogP contribution in [-0.4, -0.2) is 38.3 Å². The Hall–Kier alpha value is -1.43. The van der Waals surface area contributed by atoms with Crippen LogP contribution >= 0.6 is 0 Å². The minimum atomic E-state index is -3.29. The van der Waals surface area contributed by atoms with Gasteiger partial charge >= 0.3 is 5.97 Å². The molecule has 130 valence electrons. The number of unbranched alkanes of at least 4 members (excludes halogenated alkanes) is 1. The summed E-state index contributed by atoms with van der Waals surface area (Å²) >= 11 is 0. The van der Waals surface area contributed by atoms with E-state index in [-0.39, 0.29) is 11.5 Å². The second-order valence-electron chi connectivity index (χ2n) is 6.31. The molecule has 0 radical (unpaired) electrons. The van der Waals surface area contributed by atoms with Gasteiger partial charge in [0, 0.05) is 11.6 Å². The van der Waals surface area contributed by atoms with E-state index in [0.29, 0.717) is 37.2 Å².